The number of pyridine rings is 2. The Hall–Kier alpha value is -0.770. The van der Waals surface area contributed by atoms with E-state index in [4.69, 9.17) is 23.2 Å². The topological polar surface area (TPSA) is 25.8 Å². The van der Waals surface area contributed by atoms with E-state index in [0.717, 1.165) is 16.2 Å². The molecular weight excluding hydrogens is 263 g/mol. The summed E-state index contributed by atoms with van der Waals surface area (Å²) in [5.41, 5.74) is 0.980. The van der Waals surface area contributed by atoms with Crippen molar-refractivity contribution in [3.63, 3.8) is 0 Å². The molecule has 0 aromatic carbocycles. The first-order valence-electron chi connectivity index (χ1n) is 4.59. The molecule has 0 aliphatic rings. The maximum absolute atomic E-state index is 5.97. The van der Waals surface area contributed by atoms with Gasteiger partial charge in [-0.1, -0.05) is 29.3 Å². The first-order valence-corrected chi connectivity index (χ1v) is 6.33. The second-order valence-electron chi connectivity index (χ2n) is 3.06. The minimum Gasteiger partial charge on any atom is -0.265 e. The van der Waals surface area contributed by atoms with Gasteiger partial charge in [0, 0.05) is 23.0 Å². The molecule has 2 heterocycles. The van der Waals surface area contributed by atoms with Crippen LogP contribution in [-0.2, 0) is 5.75 Å². The molecule has 0 saturated heterocycles. The Labute approximate surface area is 108 Å². The fourth-order valence-corrected chi connectivity index (χ4v) is 2.50. The Morgan fingerprint density at radius 2 is 1.81 bits per heavy atom. The van der Waals surface area contributed by atoms with Crippen LogP contribution in [0.25, 0.3) is 0 Å². The number of hydrogen-bond donors (Lipinski definition) is 0. The summed E-state index contributed by atoms with van der Waals surface area (Å²) in [6, 6.07) is 7.56. The van der Waals surface area contributed by atoms with Crippen LogP contribution in [0.1, 0.15) is 5.56 Å². The van der Waals surface area contributed by atoms with Crippen LogP contribution in [0.4, 0.5) is 0 Å². The van der Waals surface area contributed by atoms with E-state index in [1.807, 2.05) is 18.2 Å². The van der Waals surface area contributed by atoms with Gasteiger partial charge in [0.15, 0.2) is 0 Å². The highest BCUT2D eigenvalue weighted by molar-refractivity contribution is 7.98. The second-order valence-corrected chi connectivity index (χ2v) is 4.85. The van der Waals surface area contributed by atoms with Gasteiger partial charge in [-0.25, -0.2) is 4.98 Å². The minimum absolute atomic E-state index is 0.419. The number of nitrogens with zero attached hydrogens (tertiary/aromatic N) is 2. The molecule has 2 aromatic rings. The average molecular weight is 271 g/mol. The van der Waals surface area contributed by atoms with E-state index < -0.39 is 0 Å². The number of thioether (sulfide) groups is 1. The van der Waals surface area contributed by atoms with E-state index in [9.17, 15) is 0 Å². The van der Waals surface area contributed by atoms with E-state index in [2.05, 4.69) is 9.97 Å². The Kier molecular flexibility index (Phi) is 4.04. The zero-order valence-electron chi connectivity index (χ0n) is 8.23. The molecule has 2 nitrogen and oxygen atoms in total. The molecule has 0 spiro atoms. The third-order valence-electron chi connectivity index (χ3n) is 1.94. The van der Waals surface area contributed by atoms with Crippen molar-refractivity contribution in [3.05, 3.63) is 52.5 Å². The van der Waals surface area contributed by atoms with E-state index in [-0.39, 0.29) is 0 Å². The summed E-state index contributed by atoms with van der Waals surface area (Å²) in [4.78, 5) is 9.11. The van der Waals surface area contributed by atoms with Crippen LogP contribution in [0.2, 0.25) is 10.3 Å². The van der Waals surface area contributed by atoms with Crippen LogP contribution < -0.4 is 0 Å². The lowest BCUT2D eigenvalue weighted by molar-refractivity contribution is 1.23. The van der Waals surface area contributed by atoms with Crippen molar-refractivity contribution in [1.82, 2.24) is 9.97 Å². The van der Waals surface area contributed by atoms with Gasteiger partial charge in [-0.2, -0.15) is 0 Å². The van der Waals surface area contributed by atoms with Crippen LogP contribution >= 0.6 is 35.0 Å². The maximum atomic E-state index is 5.97. The van der Waals surface area contributed by atoms with Crippen molar-refractivity contribution >= 4 is 35.0 Å². The number of halogens is 2. The zero-order valence-corrected chi connectivity index (χ0v) is 10.6. The summed E-state index contributed by atoms with van der Waals surface area (Å²) in [7, 11) is 0. The lowest BCUT2D eigenvalue weighted by Crippen LogP contribution is -1.86. The molecule has 0 saturated carbocycles. The normalized spacial score (nSPS) is 10.4. The van der Waals surface area contributed by atoms with Crippen molar-refractivity contribution in [2.45, 2.75) is 10.6 Å². The molecule has 2 rings (SSSR count). The number of rotatable bonds is 3. The predicted octanol–water partition coefficient (Wildman–Crippen LogP) is 4.08. The maximum Gasteiger partial charge on any atom is 0.134 e. The molecule has 0 atom stereocenters. The molecular formula is C11H8Cl2N2S. The first-order chi connectivity index (χ1) is 7.75. The van der Waals surface area contributed by atoms with Crippen molar-refractivity contribution in [1.29, 1.82) is 0 Å². The SMILES string of the molecule is Clc1ccc(CSc2ccncc2)c(Cl)n1. The Morgan fingerprint density at radius 1 is 1.06 bits per heavy atom. The Bertz CT molecular complexity index is 477. The van der Waals surface area contributed by atoms with Crippen LogP contribution in [0.3, 0.4) is 0 Å². The van der Waals surface area contributed by atoms with Crippen molar-refractivity contribution in [3.8, 4) is 0 Å². The second kappa shape index (κ2) is 5.53. The zero-order chi connectivity index (χ0) is 11.4. The fraction of sp³-hybridized carbons (Fsp3) is 0.0909. The van der Waals surface area contributed by atoms with E-state index in [1.165, 1.54) is 0 Å². The summed E-state index contributed by atoms with van der Waals surface area (Å²) < 4.78 is 0. The van der Waals surface area contributed by atoms with Crippen molar-refractivity contribution in [2.75, 3.05) is 0 Å². The number of hydrogen-bond acceptors (Lipinski definition) is 3. The van der Waals surface area contributed by atoms with Crippen LogP contribution in [0.5, 0.6) is 0 Å². The van der Waals surface area contributed by atoms with E-state index in [0.29, 0.717) is 10.3 Å². The van der Waals surface area contributed by atoms with Gasteiger partial charge < -0.3 is 0 Å². The molecule has 0 unspecified atom stereocenters. The lowest BCUT2D eigenvalue weighted by atomic mass is 10.3. The van der Waals surface area contributed by atoms with Gasteiger partial charge in [0.25, 0.3) is 0 Å². The summed E-state index contributed by atoms with van der Waals surface area (Å²) in [6.45, 7) is 0. The monoisotopic (exact) mass is 270 g/mol. The Morgan fingerprint density at radius 3 is 2.50 bits per heavy atom. The largest absolute Gasteiger partial charge is 0.265 e. The minimum atomic E-state index is 0.419. The smallest absolute Gasteiger partial charge is 0.134 e. The van der Waals surface area contributed by atoms with Gasteiger partial charge in [-0.15, -0.1) is 11.8 Å². The summed E-state index contributed by atoms with van der Waals surface area (Å²) in [5.74, 6) is 0.771. The van der Waals surface area contributed by atoms with Gasteiger partial charge in [0.05, 0.1) is 0 Å². The van der Waals surface area contributed by atoms with Crippen LogP contribution in [-0.4, -0.2) is 9.97 Å². The van der Waals surface area contributed by atoms with Crippen LogP contribution in [0.15, 0.2) is 41.6 Å². The summed E-state index contributed by atoms with van der Waals surface area (Å²) >= 11 is 13.4. The molecule has 0 aliphatic heterocycles. The molecule has 5 heteroatoms. The van der Waals surface area contributed by atoms with Gasteiger partial charge in [0.1, 0.15) is 10.3 Å². The highest BCUT2D eigenvalue weighted by Crippen LogP contribution is 2.26. The molecule has 0 radical (unpaired) electrons. The third-order valence-corrected chi connectivity index (χ3v) is 3.53. The van der Waals surface area contributed by atoms with E-state index >= 15 is 0 Å². The third kappa shape index (κ3) is 3.11. The molecule has 2 aromatic heterocycles. The summed E-state index contributed by atoms with van der Waals surface area (Å²) in [6.07, 6.45) is 3.54. The highest BCUT2D eigenvalue weighted by atomic mass is 35.5. The van der Waals surface area contributed by atoms with Gasteiger partial charge >= 0.3 is 0 Å². The predicted molar refractivity (Wildman–Crippen MR) is 68.1 cm³/mol. The molecule has 0 bridgehead atoms. The van der Waals surface area contributed by atoms with Gasteiger partial charge in [-0.3, -0.25) is 4.98 Å². The van der Waals surface area contributed by atoms with Crippen LogP contribution in [0, 0.1) is 0 Å². The van der Waals surface area contributed by atoms with E-state index in [1.54, 1.807) is 30.2 Å². The fourth-order valence-electron chi connectivity index (χ4n) is 1.14. The highest BCUT2D eigenvalue weighted by Gasteiger charge is 2.03. The average Bonchev–Trinajstić information content (AvgIpc) is 2.29. The lowest BCUT2D eigenvalue weighted by Gasteiger charge is -2.03. The molecule has 0 N–H and O–H groups in total. The molecule has 82 valence electrons. The van der Waals surface area contributed by atoms with Gasteiger partial charge in [-0.05, 0) is 23.8 Å². The van der Waals surface area contributed by atoms with Crippen molar-refractivity contribution < 1.29 is 0 Å². The standard InChI is InChI=1S/C11H8Cl2N2S/c12-10-2-1-8(11(13)15-10)7-16-9-3-5-14-6-4-9/h1-6H,7H2. The molecule has 16 heavy (non-hydrogen) atoms. The van der Waals surface area contributed by atoms with Gasteiger partial charge in [0.2, 0.25) is 0 Å². The molecule has 0 aliphatic carbocycles. The molecule has 0 fully saturated rings. The quantitative estimate of drug-likeness (QED) is 0.621. The summed E-state index contributed by atoms with van der Waals surface area (Å²) in [5, 5.41) is 0.886. The Balaban J connectivity index is 2.05. The van der Waals surface area contributed by atoms with Crippen molar-refractivity contribution in [2.24, 2.45) is 0 Å². The first kappa shape index (κ1) is 11.7. The molecule has 0 amide bonds. The number of aromatic nitrogens is 2.